The highest BCUT2D eigenvalue weighted by molar-refractivity contribution is 8.03. The summed E-state index contributed by atoms with van der Waals surface area (Å²) in [5.74, 6) is 1.05. The normalized spacial score (nSPS) is 17.5. The van der Waals surface area contributed by atoms with Gasteiger partial charge in [-0.15, -0.1) is 23.5 Å². The molecule has 98 valence electrons. The summed E-state index contributed by atoms with van der Waals surface area (Å²) >= 11 is 16.0. The van der Waals surface area contributed by atoms with Crippen molar-refractivity contribution in [2.45, 2.75) is 21.5 Å². The molecule has 3 rings (SSSR count). The van der Waals surface area contributed by atoms with Crippen molar-refractivity contribution in [1.82, 2.24) is 0 Å². The summed E-state index contributed by atoms with van der Waals surface area (Å²) in [7, 11) is 0. The molecule has 2 aromatic carbocycles. The molecule has 0 bridgehead atoms. The van der Waals surface area contributed by atoms with Crippen LogP contribution in [-0.4, -0.2) is 11.0 Å². The second-order valence-corrected chi connectivity index (χ2v) is 7.69. The summed E-state index contributed by atoms with van der Waals surface area (Å²) < 4.78 is 0. The summed E-state index contributed by atoms with van der Waals surface area (Å²) in [5.41, 5.74) is 1.47. The van der Waals surface area contributed by atoms with Crippen LogP contribution in [0.3, 0.4) is 0 Å². The van der Waals surface area contributed by atoms with Crippen LogP contribution in [0, 0.1) is 0 Å². The minimum absolute atomic E-state index is 0.623. The summed E-state index contributed by atoms with van der Waals surface area (Å²) in [6.07, 6.45) is 1.14. The molecule has 0 fully saturated rings. The fraction of sp³-hybridized carbons (Fsp3) is 0.200. The zero-order chi connectivity index (χ0) is 13.2. The van der Waals surface area contributed by atoms with Gasteiger partial charge in [0, 0.05) is 25.8 Å². The topological polar surface area (TPSA) is 0 Å². The van der Waals surface area contributed by atoms with Crippen LogP contribution >= 0.6 is 46.7 Å². The van der Waals surface area contributed by atoms with Gasteiger partial charge in [0.25, 0.3) is 0 Å². The van der Waals surface area contributed by atoms with Gasteiger partial charge in [0.1, 0.15) is 0 Å². The molecule has 1 unspecified atom stereocenters. The Labute approximate surface area is 131 Å². The molecule has 0 nitrogen and oxygen atoms in total. The molecule has 0 saturated heterocycles. The number of rotatable bonds is 3. The monoisotopic (exact) mass is 326 g/mol. The SMILES string of the molecule is Clc1ccc(Cl)c(SCC2Cc3ccccc3S2)c1. The van der Waals surface area contributed by atoms with Crippen LogP contribution in [0.4, 0.5) is 0 Å². The Morgan fingerprint density at radius 1 is 1.16 bits per heavy atom. The Morgan fingerprint density at radius 3 is 2.84 bits per heavy atom. The predicted molar refractivity (Wildman–Crippen MR) is 87.0 cm³/mol. The van der Waals surface area contributed by atoms with Gasteiger partial charge in [-0.3, -0.25) is 0 Å². The van der Waals surface area contributed by atoms with E-state index in [0.717, 1.165) is 27.1 Å². The summed E-state index contributed by atoms with van der Waals surface area (Å²) in [6, 6.07) is 14.3. The Morgan fingerprint density at radius 2 is 2.00 bits per heavy atom. The highest BCUT2D eigenvalue weighted by Gasteiger charge is 2.22. The van der Waals surface area contributed by atoms with Gasteiger partial charge in [-0.05, 0) is 36.2 Å². The largest absolute Gasteiger partial charge is 0.123 e. The van der Waals surface area contributed by atoms with Gasteiger partial charge in [0.15, 0.2) is 0 Å². The van der Waals surface area contributed by atoms with E-state index in [4.69, 9.17) is 23.2 Å². The first-order valence-corrected chi connectivity index (χ1v) is 8.67. The van der Waals surface area contributed by atoms with E-state index in [1.165, 1.54) is 10.5 Å². The third-order valence-electron chi connectivity index (χ3n) is 3.03. The zero-order valence-corrected chi connectivity index (χ0v) is 13.3. The molecular formula is C15H12Cl2S2. The smallest absolute Gasteiger partial charge is 0.0542 e. The molecule has 1 aliphatic heterocycles. The maximum Gasteiger partial charge on any atom is 0.0542 e. The Kier molecular flexibility index (Phi) is 4.33. The molecule has 19 heavy (non-hydrogen) atoms. The molecule has 0 amide bonds. The Hall–Kier alpha value is -0.280. The quantitative estimate of drug-likeness (QED) is 0.653. The van der Waals surface area contributed by atoms with E-state index in [1.54, 1.807) is 11.8 Å². The zero-order valence-electron chi connectivity index (χ0n) is 10.1. The number of fused-ring (bicyclic) bond motifs is 1. The lowest BCUT2D eigenvalue weighted by Gasteiger charge is -2.09. The average Bonchev–Trinajstić information content (AvgIpc) is 2.82. The molecular weight excluding hydrogens is 315 g/mol. The van der Waals surface area contributed by atoms with Crippen LogP contribution in [-0.2, 0) is 6.42 Å². The van der Waals surface area contributed by atoms with Gasteiger partial charge >= 0.3 is 0 Å². The van der Waals surface area contributed by atoms with Crippen LogP contribution < -0.4 is 0 Å². The summed E-state index contributed by atoms with van der Waals surface area (Å²) in [6.45, 7) is 0. The number of hydrogen-bond acceptors (Lipinski definition) is 2. The summed E-state index contributed by atoms with van der Waals surface area (Å²) in [4.78, 5) is 2.50. The van der Waals surface area contributed by atoms with Crippen molar-refractivity contribution in [1.29, 1.82) is 0 Å². The maximum absolute atomic E-state index is 6.18. The standard InChI is InChI=1S/C15H12Cl2S2/c16-11-5-6-13(17)15(8-11)18-9-12-7-10-3-1-2-4-14(10)19-12/h1-6,8,12H,7,9H2. The Balaban J connectivity index is 1.64. The van der Waals surface area contributed by atoms with Gasteiger partial charge in [-0.2, -0.15) is 0 Å². The molecule has 1 aliphatic rings. The van der Waals surface area contributed by atoms with Crippen molar-refractivity contribution in [2.24, 2.45) is 0 Å². The summed E-state index contributed by atoms with van der Waals surface area (Å²) in [5, 5.41) is 2.15. The second kappa shape index (κ2) is 6.01. The van der Waals surface area contributed by atoms with Gasteiger partial charge < -0.3 is 0 Å². The lowest BCUT2D eigenvalue weighted by molar-refractivity contribution is 0.970. The third kappa shape index (κ3) is 3.25. The number of halogens is 2. The first-order chi connectivity index (χ1) is 9.22. The third-order valence-corrected chi connectivity index (χ3v) is 6.46. The van der Waals surface area contributed by atoms with Gasteiger partial charge in [0.05, 0.1) is 5.02 Å². The molecule has 0 saturated carbocycles. The Bertz CT molecular complexity index is 573. The van der Waals surface area contributed by atoms with Crippen LogP contribution in [0.1, 0.15) is 5.56 Å². The van der Waals surface area contributed by atoms with E-state index in [2.05, 4.69) is 24.3 Å². The average molecular weight is 327 g/mol. The van der Waals surface area contributed by atoms with E-state index in [9.17, 15) is 0 Å². The number of benzene rings is 2. The highest BCUT2D eigenvalue weighted by Crippen LogP contribution is 2.40. The maximum atomic E-state index is 6.18. The lowest BCUT2D eigenvalue weighted by Crippen LogP contribution is -2.03. The highest BCUT2D eigenvalue weighted by atomic mass is 35.5. The van der Waals surface area contributed by atoms with E-state index >= 15 is 0 Å². The molecule has 4 heteroatoms. The minimum Gasteiger partial charge on any atom is -0.123 e. The van der Waals surface area contributed by atoms with Crippen molar-refractivity contribution in [3.05, 3.63) is 58.1 Å². The molecule has 2 aromatic rings. The molecule has 0 aromatic heterocycles. The lowest BCUT2D eigenvalue weighted by atomic mass is 10.1. The fourth-order valence-electron chi connectivity index (χ4n) is 2.12. The number of thioether (sulfide) groups is 2. The molecule has 1 atom stereocenters. The van der Waals surface area contributed by atoms with E-state index < -0.39 is 0 Å². The van der Waals surface area contributed by atoms with Crippen molar-refractivity contribution in [3.63, 3.8) is 0 Å². The van der Waals surface area contributed by atoms with Crippen molar-refractivity contribution >= 4 is 46.7 Å². The van der Waals surface area contributed by atoms with Crippen molar-refractivity contribution in [3.8, 4) is 0 Å². The minimum atomic E-state index is 0.623. The predicted octanol–water partition coefficient (Wildman–Crippen LogP) is 5.80. The van der Waals surface area contributed by atoms with E-state index in [0.29, 0.717) is 5.25 Å². The van der Waals surface area contributed by atoms with Gasteiger partial charge in [0.2, 0.25) is 0 Å². The van der Waals surface area contributed by atoms with Crippen LogP contribution in [0.25, 0.3) is 0 Å². The molecule has 0 N–H and O–H groups in total. The number of hydrogen-bond donors (Lipinski definition) is 0. The van der Waals surface area contributed by atoms with Crippen LogP contribution in [0.2, 0.25) is 10.0 Å². The van der Waals surface area contributed by atoms with Gasteiger partial charge in [-0.25, -0.2) is 0 Å². The molecule has 0 aliphatic carbocycles. The molecule has 0 spiro atoms. The second-order valence-electron chi connectivity index (χ2n) is 4.44. The van der Waals surface area contributed by atoms with E-state index in [1.807, 2.05) is 30.0 Å². The van der Waals surface area contributed by atoms with E-state index in [-0.39, 0.29) is 0 Å². The van der Waals surface area contributed by atoms with Gasteiger partial charge in [-0.1, -0.05) is 41.4 Å². The van der Waals surface area contributed by atoms with Crippen molar-refractivity contribution < 1.29 is 0 Å². The van der Waals surface area contributed by atoms with Crippen molar-refractivity contribution in [2.75, 3.05) is 5.75 Å². The van der Waals surface area contributed by atoms with Crippen LogP contribution in [0.5, 0.6) is 0 Å². The first kappa shape index (κ1) is 13.7. The first-order valence-electron chi connectivity index (χ1n) is 6.05. The van der Waals surface area contributed by atoms with Crippen LogP contribution in [0.15, 0.2) is 52.3 Å². The fourth-order valence-corrected chi connectivity index (χ4v) is 5.09. The molecule has 1 heterocycles. The molecule has 0 radical (unpaired) electrons.